The summed E-state index contributed by atoms with van der Waals surface area (Å²) >= 11 is 0. The maximum Gasteiger partial charge on any atom is 0.305 e. The number of nitrogens with zero attached hydrogens (tertiary/aromatic N) is 1. The third kappa shape index (κ3) is 11.1. The average Bonchev–Trinajstić information content (AvgIpc) is 3.33. The summed E-state index contributed by atoms with van der Waals surface area (Å²) < 4.78 is 23.4. The minimum atomic E-state index is -1.45. The topological polar surface area (TPSA) is 191 Å². The number of carbonyl (C=O) groups is 5. The Morgan fingerprint density at radius 1 is 0.544 bits per heavy atom. The molecule has 2 heterocycles. The summed E-state index contributed by atoms with van der Waals surface area (Å²) in [6.45, 7) is 7.30. The summed E-state index contributed by atoms with van der Waals surface area (Å²) in [5.41, 5.74) is -0.499. The predicted molar refractivity (Wildman–Crippen MR) is 263 cm³/mol. The van der Waals surface area contributed by atoms with Crippen LogP contribution in [0.25, 0.3) is 32.7 Å². The number of aliphatic hydroxyl groups is 1. The Kier molecular flexibility index (Phi) is 16.4. The Morgan fingerprint density at radius 3 is 1.51 bits per heavy atom. The monoisotopic (exact) mass is 930 g/mol. The first-order valence-corrected chi connectivity index (χ1v) is 24.6. The number of esters is 4. The first-order valence-electron chi connectivity index (χ1n) is 24.6. The molecule has 2 aliphatic heterocycles. The molecular formula is C54H66N4O10. The van der Waals surface area contributed by atoms with Crippen LogP contribution in [-0.4, -0.2) is 72.5 Å². The van der Waals surface area contributed by atoms with Gasteiger partial charge in [-0.1, -0.05) is 128 Å². The first-order chi connectivity index (χ1) is 33.0. The number of unbranched alkanes of at least 4 members (excludes halogenated alkanes) is 8. The fourth-order valence-electron chi connectivity index (χ4n) is 9.06. The van der Waals surface area contributed by atoms with E-state index in [1.54, 1.807) is 12.1 Å². The Labute approximate surface area is 397 Å². The van der Waals surface area contributed by atoms with E-state index in [4.69, 9.17) is 23.9 Å². The molecule has 14 nitrogen and oxygen atoms in total. The first kappa shape index (κ1) is 49.5. The lowest BCUT2D eigenvalue weighted by Crippen LogP contribution is -2.56. The van der Waals surface area contributed by atoms with E-state index in [2.05, 4.69) is 43.6 Å². The van der Waals surface area contributed by atoms with Crippen LogP contribution < -0.4 is 26.5 Å². The lowest BCUT2D eigenvalue weighted by atomic mass is 9.80. The smallest absolute Gasteiger partial charge is 0.305 e. The number of ether oxygens (including phenoxy) is 4. The van der Waals surface area contributed by atoms with Gasteiger partial charge in [0.15, 0.2) is 11.3 Å². The van der Waals surface area contributed by atoms with E-state index < -0.39 is 29.0 Å². The second kappa shape index (κ2) is 22.6. The summed E-state index contributed by atoms with van der Waals surface area (Å²) in [5.74, 6) is -2.27. The highest BCUT2D eigenvalue weighted by Crippen LogP contribution is 2.47. The second-order valence-corrected chi connectivity index (χ2v) is 18.3. The normalized spacial score (nSPS) is 15.9. The number of allylic oxidation sites excluding steroid dienone is 2. The maximum atomic E-state index is 14.8. The number of Topliss-reactive ketones (excluding diaryl/α,β-unsaturated/α-hetero) is 1. The molecule has 0 unspecified atom stereocenters. The molecule has 1 aliphatic carbocycles. The predicted octanol–water partition coefficient (Wildman–Crippen LogP) is 9.46. The number of carbonyl (C=O) groups excluding carboxylic acids is 5. The van der Waals surface area contributed by atoms with Gasteiger partial charge in [-0.2, -0.15) is 0 Å². The Bertz CT molecular complexity index is 2660. The Balaban J connectivity index is 1.31. The van der Waals surface area contributed by atoms with Gasteiger partial charge in [-0.15, -0.1) is 0 Å². The van der Waals surface area contributed by atoms with Crippen LogP contribution in [0.2, 0.25) is 0 Å². The van der Waals surface area contributed by atoms with E-state index in [1.807, 2.05) is 48.5 Å². The SMILES string of the molecule is CCCCCC(=O)OCC1(COC(=O)CCCCC)N=c2c(=C3C(=O)C(c4ccc5cccc6c5c4NC(COC(=O)CCCCC)(COC(=O)CCCCC)N6)=C3O)ccc3cccc(c23)N1. The van der Waals surface area contributed by atoms with Crippen molar-refractivity contribution in [3.8, 4) is 0 Å². The molecule has 0 bridgehead atoms. The van der Waals surface area contributed by atoms with Gasteiger partial charge in [0.1, 0.15) is 32.2 Å². The van der Waals surface area contributed by atoms with Crippen LogP contribution in [0.1, 0.15) is 136 Å². The molecule has 3 aliphatic rings. The van der Waals surface area contributed by atoms with Gasteiger partial charge in [0.05, 0.1) is 22.2 Å². The number of hydrogen-bond acceptors (Lipinski definition) is 14. The van der Waals surface area contributed by atoms with Gasteiger partial charge in [0, 0.05) is 58.6 Å². The van der Waals surface area contributed by atoms with Crippen molar-refractivity contribution in [1.29, 1.82) is 0 Å². The highest BCUT2D eigenvalue weighted by molar-refractivity contribution is 6.52. The molecule has 4 aromatic carbocycles. The van der Waals surface area contributed by atoms with Crippen molar-refractivity contribution in [2.75, 3.05) is 42.4 Å². The molecule has 0 amide bonds. The number of aliphatic hydroxyl groups excluding tert-OH is 1. The third-order valence-electron chi connectivity index (χ3n) is 12.8. The van der Waals surface area contributed by atoms with Crippen LogP contribution in [-0.2, 0) is 42.9 Å². The Hall–Kier alpha value is -6.44. The number of nitrogens with one attached hydrogen (secondary N) is 3. The minimum Gasteiger partial charge on any atom is -0.506 e. The van der Waals surface area contributed by atoms with E-state index in [0.717, 1.165) is 67.5 Å². The van der Waals surface area contributed by atoms with Gasteiger partial charge in [-0.05, 0) is 48.6 Å². The van der Waals surface area contributed by atoms with Crippen molar-refractivity contribution in [1.82, 2.24) is 0 Å². The van der Waals surface area contributed by atoms with Gasteiger partial charge in [-0.3, -0.25) is 24.0 Å². The fourth-order valence-corrected chi connectivity index (χ4v) is 9.06. The molecule has 0 saturated heterocycles. The number of hydrogen-bond donors (Lipinski definition) is 4. The van der Waals surface area contributed by atoms with Gasteiger partial charge >= 0.3 is 23.9 Å². The molecule has 0 saturated carbocycles. The minimum absolute atomic E-state index is 0.0437. The molecule has 14 heteroatoms. The molecule has 7 rings (SSSR count). The quantitative estimate of drug-likeness (QED) is 0.0280. The zero-order valence-corrected chi connectivity index (χ0v) is 40.0. The number of anilines is 3. The van der Waals surface area contributed by atoms with E-state index in [9.17, 15) is 29.1 Å². The molecule has 4 aromatic rings. The summed E-state index contributed by atoms with van der Waals surface area (Å²) in [7, 11) is 0. The lowest BCUT2D eigenvalue weighted by Gasteiger charge is -2.41. The fraction of sp³-hybridized carbons (Fsp3) is 0.481. The largest absolute Gasteiger partial charge is 0.506 e. The summed E-state index contributed by atoms with van der Waals surface area (Å²) in [6.07, 6.45) is 10.9. The zero-order chi connectivity index (χ0) is 48.3. The van der Waals surface area contributed by atoms with E-state index in [-0.39, 0.29) is 81.0 Å². The van der Waals surface area contributed by atoms with Crippen LogP contribution in [0.5, 0.6) is 0 Å². The molecule has 0 radical (unpaired) electrons. The van der Waals surface area contributed by atoms with Crippen LogP contribution in [0, 0.1) is 0 Å². The van der Waals surface area contributed by atoms with Gasteiger partial charge in [-0.25, -0.2) is 4.99 Å². The summed E-state index contributed by atoms with van der Waals surface area (Å²) in [4.78, 5) is 72.1. The highest BCUT2D eigenvalue weighted by Gasteiger charge is 2.43. The van der Waals surface area contributed by atoms with Crippen molar-refractivity contribution < 1.29 is 48.0 Å². The standard InChI is InChI=1S/C54H66N4O10/c1-5-9-13-23-41(59)65-31-53(32-66-42(60)24-14-10-6-2)55-39-21-17-19-35-27-29-37(49(57-53)45(35)39)47-51(63)48(52(47)64)38-30-28-36-20-18-22-40-46(36)50(38)58-54(56-40,33-67-43(61)25-15-11-7-3)34-68-44(62)26-16-12-8-4/h17-22,27-30,55-57,63H,5-16,23-26,31-34H2,1-4H3. The van der Waals surface area contributed by atoms with Gasteiger partial charge < -0.3 is 40.0 Å². The van der Waals surface area contributed by atoms with Crippen LogP contribution in [0.4, 0.5) is 17.1 Å². The molecule has 0 spiro atoms. The van der Waals surface area contributed by atoms with Crippen molar-refractivity contribution in [3.63, 3.8) is 0 Å². The van der Waals surface area contributed by atoms with Crippen molar-refractivity contribution in [3.05, 3.63) is 82.6 Å². The molecular weight excluding hydrogens is 865 g/mol. The molecule has 0 atom stereocenters. The molecule has 68 heavy (non-hydrogen) atoms. The van der Waals surface area contributed by atoms with E-state index in [0.29, 0.717) is 64.3 Å². The van der Waals surface area contributed by atoms with Crippen molar-refractivity contribution in [2.24, 2.45) is 4.99 Å². The molecule has 362 valence electrons. The molecule has 0 aromatic heterocycles. The van der Waals surface area contributed by atoms with Gasteiger partial charge in [0.25, 0.3) is 0 Å². The average molecular weight is 931 g/mol. The lowest BCUT2D eigenvalue weighted by molar-refractivity contribution is -0.151. The van der Waals surface area contributed by atoms with Crippen LogP contribution in [0.3, 0.4) is 0 Å². The van der Waals surface area contributed by atoms with Crippen molar-refractivity contribution >= 4 is 79.4 Å². The molecule has 0 fully saturated rings. The van der Waals surface area contributed by atoms with Crippen molar-refractivity contribution in [2.45, 2.75) is 142 Å². The maximum absolute atomic E-state index is 14.8. The van der Waals surface area contributed by atoms with Crippen LogP contribution >= 0.6 is 0 Å². The number of benzene rings is 4. The summed E-state index contributed by atoms with van der Waals surface area (Å²) in [5, 5.41) is 26.4. The molecule has 4 N–H and O–H groups in total. The number of rotatable bonds is 25. The van der Waals surface area contributed by atoms with E-state index in [1.165, 1.54) is 0 Å². The Morgan fingerprint density at radius 2 is 1.01 bits per heavy atom. The second-order valence-electron chi connectivity index (χ2n) is 18.3. The third-order valence-corrected chi connectivity index (χ3v) is 12.8. The van der Waals surface area contributed by atoms with Crippen LogP contribution in [0.15, 0.2) is 71.4 Å². The van der Waals surface area contributed by atoms with E-state index >= 15 is 0 Å². The van der Waals surface area contributed by atoms with Gasteiger partial charge in [0.2, 0.25) is 5.78 Å². The zero-order valence-electron chi connectivity index (χ0n) is 40.0. The summed E-state index contributed by atoms with van der Waals surface area (Å²) in [6, 6.07) is 18.6. The number of ketones is 1. The highest BCUT2D eigenvalue weighted by atomic mass is 16.6.